The fraction of sp³-hybridized carbons (Fsp3) is 0.692. The summed E-state index contributed by atoms with van der Waals surface area (Å²) in [6.45, 7) is 3.80. The van der Waals surface area contributed by atoms with E-state index >= 15 is 0 Å². The Hall–Kier alpha value is -0.900. The van der Waals surface area contributed by atoms with Crippen LogP contribution in [0.4, 0.5) is 0 Å². The zero-order chi connectivity index (χ0) is 12.3. The number of esters is 1. The molecule has 0 atom stereocenters. The fourth-order valence-electron chi connectivity index (χ4n) is 2.34. The zero-order valence-electron chi connectivity index (χ0n) is 10.4. The Kier molecular flexibility index (Phi) is 4.15. The summed E-state index contributed by atoms with van der Waals surface area (Å²) in [5, 5.41) is 3.25. The van der Waals surface area contributed by atoms with Gasteiger partial charge in [0.15, 0.2) is 0 Å². The quantitative estimate of drug-likeness (QED) is 0.775. The topological polar surface area (TPSA) is 39.2 Å². The molecule has 0 bridgehead atoms. The van der Waals surface area contributed by atoms with Gasteiger partial charge < -0.3 is 4.74 Å². The maximum absolute atomic E-state index is 11.8. The minimum absolute atomic E-state index is 0.000754. The van der Waals surface area contributed by atoms with Gasteiger partial charge in [0.05, 0.1) is 17.0 Å². The normalized spacial score (nSPS) is 24.9. The fourth-order valence-corrected chi connectivity index (χ4v) is 3.15. The maximum atomic E-state index is 11.8. The molecule has 0 radical (unpaired) electrons. The van der Waals surface area contributed by atoms with E-state index in [1.54, 1.807) is 11.3 Å². The maximum Gasteiger partial charge on any atom is 0.309 e. The van der Waals surface area contributed by atoms with Gasteiger partial charge in [-0.3, -0.25) is 4.79 Å². The molecule has 1 saturated carbocycles. The molecule has 0 unspecified atom stereocenters. The molecular formula is C13H19NO2S. The summed E-state index contributed by atoms with van der Waals surface area (Å²) in [5.74, 6) is 0.643. The highest BCUT2D eigenvalue weighted by Gasteiger charge is 2.29. The Morgan fingerprint density at radius 2 is 2.12 bits per heavy atom. The first-order chi connectivity index (χ1) is 8.16. The van der Waals surface area contributed by atoms with Crippen molar-refractivity contribution >= 4 is 17.3 Å². The second-order valence-corrected chi connectivity index (χ2v) is 5.83. The van der Waals surface area contributed by atoms with Crippen LogP contribution >= 0.6 is 11.3 Å². The first-order valence-electron chi connectivity index (χ1n) is 6.26. The van der Waals surface area contributed by atoms with Crippen LogP contribution in [-0.2, 0) is 9.53 Å². The van der Waals surface area contributed by atoms with Gasteiger partial charge in [-0.1, -0.05) is 0 Å². The number of rotatable bonds is 3. The van der Waals surface area contributed by atoms with Crippen molar-refractivity contribution < 1.29 is 9.53 Å². The van der Waals surface area contributed by atoms with E-state index in [-0.39, 0.29) is 18.0 Å². The van der Waals surface area contributed by atoms with Crippen LogP contribution in [0.3, 0.4) is 0 Å². The number of carbonyl (C=O) groups is 1. The molecule has 0 spiro atoms. The van der Waals surface area contributed by atoms with Gasteiger partial charge >= 0.3 is 5.97 Å². The first-order valence-corrected chi connectivity index (χ1v) is 7.14. The van der Waals surface area contributed by atoms with E-state index in [9.17, 15) is 4.79 Å². The Morgan fingerprint density at radius 1 is 1.41 bits per heavy atom. The van der Waals surface area contributed by atoms with Crippen molar-refractivity contribution in [1.29, 1.82) is 0 Å². The largest absolute Gasteiger partial charge is 0.463 e. The third-order valence-electron chi connectivity index (χ3n) is 3.21. The molecule has 2 rings (SSSR count). The Labute approximate surface area is 106 Å². The van der Waals surface area contributed by atoms with Crippen molar-refractivity contribution in [1.82, 2.24) is 4.98 Å². The second-order valence-electron chi connectivity index (χ2n) is 4.90. The molecule has 0 aliphatic heterocycles. The first kappa shape index (κ1) is 12.6. The molecule has 0 aromatic carbocycles. The van der Waals surface area contributed by atoms with Crippen molar-refractivity contribution in [3.63, 3.8) is 0 Å². The van der Waals surface area contributed by atoms with Crippen LogP contribution in [0.2, 0.25) is 0 Å². The summed E-state index contributed by atoms with van der Waals surface area (Å²) in [6, 6.07) is 0. The number of ether oxygens (including phenoxy) is 1. The van der Waals surface area contributed by atoms with E-state index in [4.69, 9.17) is 4.74 Å². The van der Waals surface area contributed by atoms with E-state index in [0.717, 1.165) is 25.7 Å². The number of hydrogen-bond acceptors (Lipinski definition) is 4. The van der Waals surface area contributed by atoms with Crippen LogP contribution in [-0.4, -0.2) is 17.1 Å². The molecule has 4 heteroatoms. The molecule has 17 heavy (non-hydrogen) atoms. The molecule has 1 heterocycles. The van der Waals surface area contributed by atoms with Crippen LogP contribution in [0.1, 0.15) is 50.5 Å². The third-order valence-corrected chi connectivity index (χ3v) is 4.15. The van der Waals surface area contributed by atoms with Crippen LogP contribution in [0, 0.1) is 5.92 Å². The minimum Gasteiger partial charge on any atom is -0.463 e. The van der Waals surface area contributed by atoms with Gasteiger partial charge in [0.2, 0.25) is 0 Å². The van der Waals surface area contributed by atoms with Gasteiger partial charge in [0.1, 0.15) is 0 Å². The van der Waals surface area contributed by atoms with Gasteiger partial charge in [0, 0.05) is 17.5 Å². The van der Waals surface area contributed by atoms with E-state index < -0.39 is 0 Å². The summed E-state index contributed by atoms with van der Waals surface area (Å²) in [6.07, 6.45) is 5.86. The predicted octanol–water partition coefficient (Wildman–Crippen LogP) is 3.37. The van der Waals surface area contributed by atoms with Crippen LogP contribution < -0.4 is 0 Å². The molecule has 1 aromatic heterocycles. The SMILES string of the molecule is CC(C)OC(=O)C1CCC(c2nccs2)CC1. The predicted molar refractivity (Wildman–Crippen MR) is 68.0 cm³/mol. The molecule has 3 nitrogen and oxygen atoms in total. The van der Waals surface area contributed by atoms with E-state index in [2.05, 4.69) is 4.98 Å². The monoisotopic (exact) mass is 253 g/mol. The molecule has 0 amide bonds. The minimum atomic E-state index is -0.0161. The number of carbonyl (C=O) groups excluding carboxylic acids is 1. The smallest absolute Gasteiger partial charge is 0.309 e. The van der Waals surface area contributed by atoms with Gasteiger partial charge in [-0.05, 0) is 39.5 Å². The van der Waals surface area contributed by atoms with Crippen molar-refractivity contribution in [2.24, 2.45) is 5.92 Å². The molecule has 0 N–H and O–H groups in total. The zero-order valence-corrected chi connectivity index (χ0v) is 11.2. The van der Waals surface area contributed by atoms with Crippen molar-refractivity contribution in [3.8, 4) is 0 Å². The summed E-state index contributed by atoms with van der Waals surface area (Å²) in [7, 11) is 0. The van der Waals surface area contributed by atoms with E-state index in [1.165, 1.54) is 5.01 Å². The molecule has 1 fully saturated rings. The number of nitrogens with zero attached hydrogens (tertiary/aromatic N) is 1. The number of hydrogen-bond donors (Lipinski definition) is 0. The van der Waals surface area contributed by atoms with Crippen LogP contribution in [0.15, 0.2) is 11.6 Å². The highest BCUT2D eigenvalue weighted by Crippen LogP contribution is 2.36. The average molecular weight is 253 g/mol. The highest BCUT2D eigenvalue weighted by molar-refractivity contribution is 7.09. The Bertz CT molecular complexity index is 354. The lowest BCUT2D eigenvalue weighted by atomic mass is 9.82. The number of aromatic nitrogens is 1. The number of thiazole rings is 1. The van der Waals surface area contributed by atoms with Gasteiger partial charge in [-0.2, -0.15) is 0 Å². The summed E-state index contributed by atoms with van der Waals surface area (Å²) < 4.78 is 5.26. The second kappa shape index (κ2) is 5.63. The Balaban J connectivity index is 1.84. The van der Waals surface area contributed by atoms with Crippen molar-refractivity contribution in [2.75, 3.05) is 0 Å². The lowest BCUT2D eigenvalue weighted by Gasteiger charge is -2.26. The van der Waals surface area contributed by atoms with Crippen molar-refractivity contribution in [3.05, 3.63) is 16.6 Å². The molecular weight excluding hydrogens is 234 g/mol. The molecule has 94 valence electrons. The molecule has 1 aliphatic carbocycles. The summed E-state index contributed by atoms with van der Waals surface area (Å²) in [4.78, 5) is 16.1. The van der Waals surface area contributed by atoms with E-state index in [0.29, 0.717) is 5.92 Å². The molecule has 1 aromatic rings. The lowest BCUT2D eigenvalue weighted by Crippen LogP contribution is -2.25. The lowest BCUT2D eigenvalue weighted by molar-refractivity contribution is -0.153. The third kappa shape index (κ3) is 3.28. The molecule has 1 aliphatic rings. The van der Waals surface area contributed by atoms with Crippen LogP contribution in [0.25, 0.3) is 0 Å². The van der Waals surface area contributed by atoms with Gasteiger partial charge in [0.25, 0.3) is 0 Å². The molecule has 0 saturated heterocycles. The van der Waals surface area contributed by atoms with Crippen LogP contribution in [0.5, 0.6) is 0 Å². The van der Waals surface area contributed by atoms with Crippen molar-refractivity contribution in [2.45, 2.75) is 51.6 Å². The van der Waals surface area contributed by atoms with E-state index in [1.807, 2.05) is 25.4 Å². The van der Waals surface area contributed by atoms with Gasteiger partial charge in [-0.15, -0.1) is 11.3 Å². The Morgan fingerprint density at radius 3 is 2.65 bits per heavy atom. The summed E-state index contributed by atoms with van der Waals surface area (Å²) in [5.41, 5.74) is 0. The standard InChI is InChI=1S/C13H19NO2S/c1-9(2)16-13(15)11-5-3-10(4-6-11)12-14-7-8-17-12/h7-11H,3-6H2,1-2H3. The summed E-state index contributed by atoms with van der Waals surface area (Å²) >= 11 is 1.72. The highest BCUT2D eigenvalue weighted by atomic mass is 32.1. The van der Waals surface area contributed by atoms with Gasteiger partial charge in [-0.25, -0.2) is 4.98 Å². The average Bonchev–Trinajstić information content (AvgIpc) is 2.82.